The highest BCUT2D eigenvalue weighted by molar-refractivity contribution is 7.47. The molecule has 3 atom stereocenters. The second kappa shape index (κ2) is 24.8. The summed E-state index contributed by atoms with van der Waals surface area (Å²) in [6.45, 7) is 4.11. The number of nitrogens with one attached hydrogen (secondary N) is 1. The predicted molar refractivity (Wildman–Crippen MR) is 148 cm³/mol. The standard InChI is InChI=1S/C27H57N2O6P/c1-3-5-7-9-11-12-13-15-17-19-21-27(31)29-25(24-35-36(32,33)34-23-22-28)26(30)20-18-16-14-10-8-6-4-2/h25-26,30H,3-24,28H2,1-2H3,(H,29,31)(H,32,33). The largest absolute Gasteiger partial charge is 0.472 e. The van der Waals surface area contributed by atoms with Gasteiger partial charge in [-0.3, -0.25) is 13.8 Å². The number of rotatable bonds is 27. The number of hydrogen-bond donors (Lipinski definition) is 4. The lowest BCUT2D eigenvalue weighted by Gasteiger charge is -2.25. The zero-order valence-electron chi connectivity index (χ0n) is 23.3. The molecule has 5 N–H and O–H groups in total. The van der Waals surface area contributed by atoms with Crippen molar-refractivity contribution in [2.75, 3.05) is 19.8 Å². The van der Waals surface area contributed by atoms with E-state index in [1.165, 1.54) is 70.6 Å². The van der Waals surface area contributed by atoms with E-state index < -0.39 is 20.0 Å². The van der Waals surface area contributed by atoms with Gasteiger partial charge in [-0.05, 0) is 12.8 Å². The van der Waals surface area contributed by atoms with Gasteiger partial charge >= 0.3 is 7.82 Å². The minimum Gasteiger partial charge on any atom is -0.391 e. The quantitative estimate of drug-likeness (QED) is 0.0708. The molecule has 36 heavy (non-hydrogen) atoms. The number of carbonyl (C=O) groups excluding carboxylic acids is 1. The number of carbonyl (C=O) groups is 1. The van der Waals surface area contributed by atoms with Crippen molar-refractivity contribution in [2.45, 2.75) is 148 Å². The lowest BCUT2D eigenvalue weighted by molar-refractivity contribution is -0.123. The third-order valence-corrected chi connectivity index (χ3v) is 7.45. The maximum atomic E-state index is 12.5. The van der Waals surface area contributed by atoms with E-state index in [1.807, 2.05) is 0 Å². The molecule has 216 valence electrons. The van der Waals surface area contributed by atoms with Crippen LogP contribution >= 0.6 is 7.82 Å². The minimum absolute atomic E-state index is 0.0911. The number of phosphoric ester groups is 1. The van der Waals surface area contributed by atoms with Crippen LogP contribution in [0, 0.1) is 0 Å². The monoisotopic (exact) mass is 536 g/mol. The first-order valence-electron chi connectivity index (χ1n) is 14.7. The van der Waals surface area contributed by atoms with E-state index in [4.69, 9.17) is 14.8 Å². The Morgan fingerprint density at radius 1 is 0.806 bits per heavy atom. The van der Waals surface area contributed by atoms with E-state index >= 15 is 0 Å². The summed E-state index contributed by atoms with van der Waals surface area (Å²) in [5.41, 5.74) is 5.31. The zero-order valence-corrected chi connectivity index (χ0v) is 24.2. The van der Waals surface area contributed by atoms with Gasteiger partial charge in [-0.15, -0.1) is 0 Å². The Hall–Kier alpha value is -0.500. The highest BCUT2D eigenvalue weighted by atomic mass is 31.2. The molecule has 0 aliphatic carbocycles. The summed E-state index contributed by atoms with van der Waals surface area (Å²) in [5, 5.41) is 13.5. The maximum absolute atomic E-state index is 12.5. The van der Waals surface area contributed by atoms with Gasteiger partial charge in [0.2, 0.25) is 5.91 Å². The van der Waals surface area contributed by atoms with Crippen LogP contribution in [0.15, 0.2) is 0 Å². The summed E-state index contributed by atoms with van der Waals surface area (Å²) in [5.74, 6) is -0.169. The average Bonchev–Trinajstić information content (AvgIpc) is 2.85. The van der Waals surface area contributed by atoms with Crippen LogP contribution in [-0.2, 0) is 18.4 Å². The van der Waals surface area contributed by atoms with Crippen molar-refractivity contribution in [2.24, 2.45) is 5.73 Å². The molecule has 0 bridgehead atoms. The Balaban J connectivity index is 4.38. The Morgan fingerprint density at radius 2 is 1.28 bits per heavy atom. The van der Waals surface area contributed by atoms with Crippen molar-refractivity contribution in [1.29, 1.82) is 0 Å². The first kappa shape index (κ1) is 35.5. The lowest BCUT2D eigenvalue weighted by atomic mass is 10.0. The summed E-state index contributed by atoms with van der Waals surface area (Å²) in [6, 6.07) is -0.761. The number of aliphatic hydroxyl groups is 1. The molecule has 0 aromatic rings. The molecule has 0 aliphatic rings. The van der Waals surface area contributed by atoms with Crippen molar-refractivity contribution in [3.05, 3.63) is 0 Å². The highest BCUT2D eigenvalue weighted by Crippen LogP contribution is 2.43. The molecule has 0 saturated carbocycles. The van der Waals surface area contributed by atoms with Gasteiger partial charge in [0.1, 0.15) is 0 Å². The normalized spacial score (nSPS) is 14.9. The molecular formula is C27H57N2O6P. The lowest BCUT2D eigenvalue weighted by Crippen LogP contribution is -2.46. The summed E-state index contributed by atoms with van der Waals surface area (Å²) in [7, 11) is -4.28. The van der Waals surface area contributed by atoms with Crippen molar-refractivity contribution < 1.29 is 28.4 Å². The van der Waals surface area contributed by atoms with Gasteiger partial charge in [0.15, 0.2) is 0 Å². The second-order valence-electron chi connectivity index (χ2n) is 9.97. The molecule has 9 heteroatoms. The van der Waals surface area contributed by atoms with Crippen LogP contribution in [-0.4, -0.2) is 47.8 Å². The molecular weight excluding hydrogens is 479 g/mol. The van der Waals surface area contributed by atoms with Gasteiger partial charge in [0.25, 0.3) is 0 Å². The SMILES string of the molecule is CCCCCCCCCCCCC(=O)NC(COP(=O)(O)OCCN)C(O)CCCCCCCCC. The van der Waals surface area contributed by atoms with Crippen LogP contribution < -0.4 is 11.1 Å². The van der Waals surface area contributed by atoms with E-state index in [-0.39, 0.29) is 25.7 Å². The Morgan fingerprint density at radius 3 is 1.78 bits per heavy atom. The van der Waals surface area contributed by atoms with Gasteiger partial charge in [-0.25, -0.2) is 4.57 Å². The molecule has 0 aromatic carbocycles. The van der Waals surface area contributed by atoms with Crippen LogP contribution in [0.25, 0.3) is 0 Å². The molecule has 8 nitrogen and oxygen atoms in total. The molecule has 1 amide bonds. The number of aliphatic hydroxyl groups excluding tert-OH is 1. The fraction of sp³-hybridized carbons (Fsp3) is 0.963. The number of unbranched alkanes of at least 4 members (excludes halogenated alkanes) is 15. The van der Waals surface area contributed by atoms with E-state index in [0.717, 1.165) is 38.5 Å². The van der Waals surface area contributed by atoms with Crippen LogP contribution in [0.3, 0.4) is 0 Å². The number of nitrogens with two attached hydrogens (primary N) is 1. The molecule has 0 spiro atoms. The van der Waals surface area contributed by atoms with Gasteiger partial charge in [-0.1, -0.05) is 117 Å². The van der Waals surface area contributed by atoms with Crippen LogP contribution in [0.2, 0.25) is 0 Å². The van der Waals surface area contributed by atoms with Crippen molar-refractivity contribution in [3.63, 3.8) is 0 Å². The molecule has 0 aromatic heterocycles. The van der Waals surface area contributed by atoms with Crippen LogP contribution in [0.4, 0.5) is 0 Å². The molecule has 0 aliphatic heterocycles. The van der Waals surface area contributed by atoms with E-state index in [1.54, 1.807) is 0 Å². The van der Waals surface area contributed by atoms with E-state index in [0.29, 0.717) is 12.8 Å². The van der Waals surface area contributed by atoms with E-state index in [2.05, 4.69) is 19.2 Å². The smallest absolute Gasteiger partial charge is 0.391 e. The Bertz CT molecular complexity index is 552. The maximum Gasteiger partial charge on any atom is 0.472 e. The Kier molecular flexibility index (Phi) is 24.5. The average molecular weight is 537 g/mol. The topological polar surface area (TPSA) is 131 Å². The molecule has 3 unspecified atom stereocenters. The first-order valence-corrected chi connectivity index (χ1v) is 16.1. The highest BCUT2D eigenvalue weighted by Gasteiger charge is 2.27. The summed E-state index contributed by atoms with van der Waals surface area (Å²) >= 11 is 0. The minimum atomic E-state index is -4.28. The third kappa shape index (κ3) is 22.7. The summed E-state index contributed by atoms with van der Waals surface area (Å²) in [6.07, 6.45) is 19.8. The van der Waals surface area contributed by atoms with Crippen molar-refractivity contribution in [3.8, 4) is 0 Å². The van der Waals surface area contributed by atoms with Crippen molar-refractivity contribution in [1.82, 2.24) is 5.32 Å². The van der Waals surface area contributed by atoms with Crippen molar-refractivity contribution >= 4 is 13.7 Å². The number of phosphoric acid groups is 1. The van der Waals surface area contributed by atoms with Crippen LogP contribution in [0.1, 0.15) is 136 Å². The fourth-order valence-corrected chi connectivity index (χ4v) is 4.95. The van der Waals surface area contributed by atoms with Gasteiger partial charge in [-0.2, -0.15) is 0 Å². The second-order valence-corrected chi connectivity index (χ2v) is 11.4. The summed E-state index contributed by atoms with van der Waals surface area (Å²) < 4.78 is 21.8. The van der Waals surface area contributed by atoms with E-state index in [9.17, 15) is 19.4 Å². The Labute approximate surface area is 221 Å². The third-order valence-electron chi connectivity index (χ3n) is 6.46. The summed E-state index contributed by atoms with van der Waals surface area (Å²) in [4.78, 5) is 22.3. The molecule has 0 rings (SSSR count). The number of amides is 1. The number of hydrogen-bond acceptors (Lipinski definition) is 6. The molecule has 0 radical (unpaired) electrons. The molecule has 0 fully saturated rings. The predicted octanol–water partition coefficient (Wildman–Crippen LogP) is 6.38. The van der Waals surface area contributed by atoms with Gasteiger partial charge in [0.05, 0.1) is 25.4 Å². The van der Waals surface area contributed by atoms with Gasteiger partial charge in [0, 0.05) is 13.0 Å². The van der Waals surface area contributed by atoms with Crippen LogP contribution in [0.5, 0.6) is 0 Å². The zero-order chi connectivity index (χ0) is 26.9. The molecule has 0 saturated heterocycles. The fourth-order valence-electron chi connectivity index (χ4n) is 4.19. The van der Waals surface area contributed by atoms with Gasteiger partial charge < -0.3 is 21.1 Å². The first-order chi connectivity index (χ1) is 17.4. The molecule has 0 heterocycles.